The zero-order valence-electron chi connectivity index (χ0n) is 48.5. The number of aryl methyl sites for hydroxylation is 4. The third-order valence-corrected chi connectivity index (χ3v) is 15.2. The molecule has 0 unspecified atom stereocenters. The molecule has 0 bridgehead atoms. The van der Waals surface area contributed by atoms with Crippen LogP contribution in [0.5, 0.6) is 0 Å². The highest BCUT2D eigenvalue weighted by Gasteiger charge is 2.33. The molecule has 0 atom stereocenters. The second kappa shape index (κ2) is 26.6. The Kier molecular flexibility index (Phi) is 20.1. The average Bonchev–Trinajstić information content (AvgIpc) is 3.44. The molecule has 0 radical (unpaired) electrons. The first-order valence-corrected chi connectivity index (χ1v) is 29.2. The number of amides is 2. The third-order valence-electron chi connectivity index (χ3n) is 13.2. The number of fused-ring (bicyclic) bond motifs is 1. The fourth-order valence-corrected chi connectivity index (χ4v) is 10.5. The second-order valence-corrected chi connectivity index (χ2v) is 23.1. The van der Waals surface area contributed by atoms with Gasteiger partial charge in [0.2, 0.25) is 5.90 Å². The molecule has 9 rings (SSSR count). The Morgan fingerprint density at radius 1 is 0.605 bits per heavy atom. The Hall–Kier alpha value is -8.78. The van der Waals surface area contributed by atoms with Gasteiger partial charge in [-0.15, -0.1) is 0 Å². The number of nitrogen functional groups attached to an aromatic ring is 1. The van der Waals surface area contributed by atoms with Crippen LogP contribution in [0.3, 0.4) is 0 Å². The van der Waals surface area contributed by atoms with Crippen molar-refractivity contribution in [1.29, 1.82) is 0 Å². The number of ether oxygens (including phenoxy) is 1. The number of nitrogens with one attached hydrogen (secondary N) is 2. The molecular formula is C60H62F6N12O6S2. The van der Waals surface area contributed by atoms with Gasteiger partial charge in [0.1, 0.15) is 0 Å². The van der Waals surface area contributed by atoms with E-state index in [9.17, 15) is 50.3 Å². The first-order valence-electron chi connectivity index (χ1n) is 26.4. The Balaban J connectivity index is 0.000000206. The van der Waals surface area contributed by atoms with Crippen molar-refractivity contribution >= 4 is 58.6 Å². The van der Waals surface area contributed by atoms with Crippen LogP contribution in [-0.2, 0) is 30.2 Å². The minimum Gasteiger partial charge on any atom is -0.404 e. The van der Waals surface area contributed by atoms with Crippen molar-refractivity contribution in [3.8, 4) is 11.4 Å². The summed E-state index contributed by atoms with van der Waals surface area (Å²) in [6.07, 6.45) is -4.93. The molecule has 26 heteroatoms. The highest BCUT2D eigenvalue weighted by Crippen LogP contribution is 2.32. The third kappa shape index (κ3) is 15.9. The van der Waals surface area contributed by atoms with Crippen molar-refractivity contribution in [2.45, 2.75) is 91.9 Å². The monoisotopic (exact) mass is 1220 g/mol. The van der Waals surface area contributed by atoms with E-state index in [1.807, 2.05) is 72.3 Å². The number of carbonyl (C=O) groups is 3. The van der Waals surface area contributed by atoms with E-state index in [1.54, 1.807) is 92.0 Å². The van der Waals surface area contributed by atoms with Crippen molar-refractivity contribution in [1.82, 2.24) is 44.9 Å². The summed E-state index contributed by atoms with van der Waals surface area (Å²) in [6, 6.07) is 29.4. The number of aromatic nitrogens is 8. The van der Waals surface area contributed by atoms with Crippen molar-refractivity contribution in [2.24, 2.45) is 4.99 Å². The number of hydrogen-bond donors (Lipinski definition) is 3. The van der Waals surface area contributed by atoms with Crippen LogP contribution in [0, 0.1) is 27.7 Å². The summed E-state index contributed by atoms with van der Waals surface area (Å²) in [5.41, 5.74) is 10.5. The van der Waals surface area contributed by atoms with Gasteiger partial charge in [-0.1, -0.05) is 48.5 Å². The maximum absolute atomic E-state index is 13.3. The molecule has 0 fully saturated rings. The molecule has 8 aromatic rings. The lowest BCUT2D eigenvalue weighted by atomic mass is 9.98. The molecule has 3 heterocycles. The van der Waals surface area contributed by atoms with Gasteiger partial charge in [-0.3, -0.25) is 9.59 Å². The number of benzene rings is 6. The van der Waals surface area contributed by atoms with Crippen molar-refractivity contribution in [3.05, 3.63) is 209 Å². The molecule has 4 N–H and O–H groups in total. The molecule has 1 aliphatic rings. The van der Waals surface area contributed by atoms with Gasteiger partial charge in [-0.2, -0.15) is 68.6 Å². The summed E-state index contributed by atoms with van der Waals surface area (Å²) in [7, 11) is 0. The van der Waals surface area contributed by atoms with Crippen molar-refractivity contribution in [3.63, 3.8) is 0 Å². The summed E-state index contributed by atoms with van der Waals surface area (Å²) in [6.45, 7) is 15.5. The number of anilines is 2. The minimum atomic E-state index is -4.49. The minimum absolute atomic E-state index is 0.0442. The largest absolute Gasteiger partial charge is 0.416 e. The highest BCUT2D eigenvalue weighted by molar-refractivity contribution is 7.98. The average molecular weight is 1230 g/mol. The van der Waals surface area contributed by atoms with Crippen molar-refractivity contribution in [2.75, 3.05) is 35.1 Å². The number of nitrogens with two attached hydrogens (primary N) is 1. The summed E-state index contributed by atoms with van der Waals surface area (Å²) >= 11 is 3.34. The summed E-state index contributed by atoms with van der Waals surface area (Å²) in [4.78, 5) is 68.1. The van der Waals surface area contributed by atoms with E-state index in [1.165, 1.54) is 12.1 Å². The molecular weight excluding hydrogens is 1160 g/mol. The number of aliphatic imine (C=N–C) groups is 1. The van der Waals surface area contributed by atoms with Crippen molar-refractivity contribution < 1.29 is 45.5 Å². The second-order valence-electron chi connectivity index (χ2n) is 21.4. The molecule has 0 spiro atoms. The molecule has 2 aromatic heterocycles. The van der Waals surface area contributed by atoms with E-state index < -0.39 is 46.3 Å². The SMILES string of the molecule is CSCC(C)(C)N=C1OC(=O)c2cccc(C)c21.CSCC(C)(C)NC(=O)c1c(C)cccc1C(=O)Nc1ccc(Cn2nnn(-c3ccc(C(F)(F)F)cc3)c2=O)cc1C.Cc1cc(Cn2nnn(-c3ccc(C(F)(F)F)cc3)c2=O)ccc1N. The zero-order valence-corrected chi connectivity index (χ0v) is 50.1. The molecule has 0 aliphatic carbocycles. The van der Waals surface area contributed by atoms with E-state index >= 15 is 0 Å². The molecule has 6 aromatic carbocycles. The van der Waals surface area contributed by atoms with Crippen LogP contribution in [0.1, 0.15) is 109 Å². The Morgan fingerprint density at radius 2 is 1.10 bits per heavy atom. The molecule has 86 heavy (non-hydrogen) atoms. The number of alkyl halides is 6. The number of nitrogens with zero attached hydrogens (tertiary/aromatic N) is 9. The fourth-order valence-electron chi connectivity index (χ4n) is 8.97. The van der Waals surface area contributed by atoms with Gasteiger partial charge in [-0.25, -0.2) is 19.4 Å². The van der Waals surface area contributed by atoms with Gasteiger partial charge in [-0.05, 0) is 195 Å². The summed E-state index contributed by atoms with van der Waals surface area (Å²) < 4.78 is 85.8. The molecule has 2 amide bonds. The predicted octanol–water partition coefficient (Wildman–Crippen LogP) is 10.7. The normalized spacial score (nSPS) is 12.8. The Labute approximate surface area is 499 Å². The van der Waals surface area contributed by atoms with Crippen LogP contribution in [0.25, 0.3) is 11.4 Å². The van der Waals surface area contributed by atoms with Crippen LogP contribution in [-0.4, -0.2) is 98.4 Å². The van der Waals surface area contributed by atoms with E-state index in [4.69, 9.17) is 10.5 Å². The van der Waals surface area contributed by atoms with E-state index in [0.29, 0.717) is 50.8 Å². The summed E-state index contributed by atoms with van der Waals surface area (Å²) in [5.74, 6) is 0.983. The maximum Gasteiger partial charge on any atom is 0.416 e. The smallest absolute Gasteiger partial charge is 0.404 e. The zero-order chi connectivity index (χ0) is 63.1. The quantitative estimate of drug-likeness (QED) is 0.0494. The van der Waals surface area contributed by atoms with Crippen LogP contribution in [0.4, 0.5) is 37.7 Å². The lowest BCUT2D eigenvalue weighted by Crippen LogP contribution is -2.46. The van der Waals surface area contributed by atoms with Gasteiger partial charge in [0.05, 0.1) is 63.4 Å². The Morgan fingerprint density at radius 3 is 1.60 bits per heavy atom. The van der Waals surface area contributed by atoms with E-state index in [0.717, 1.165) is 83.1 Å². The number of hydrogen-bond acceptors (Lipinski definition) is 14. The molecule has 452 valence electrons. The molecule has 18 nitrogen and oxygen atoms in total. The number of tetrazole rings is 2. The van der Waals surface area contributed by atoms with Gasteiger partial charge in [0.25, 0.3) is 11.8 Å². The highest BCUT2D eigenvalue weighted by atomic mass is 32.2. The molecule has 1 aliphatic heterocycles. The number of rotatable bonds is 15. The Bertz CT molecular complexity index is 3950. The number of esters is 1. The topological polar surface area (TPSA) is 228 Å². The van der Waals surface area contributed by atoms with Crippen LogP contribution in [0.2, 0.25) is 0 Å². The van der Waals surface area contributed by atoms with Crippen LogP contribution < -0.4 is 27.7 Å². The van der Waals surface area contributed by atoms with Gasteiger partial charge in [0, 0.05) is 28.4 Å². The maximum atomic E-state index is 13.3. The fraction of sp³-hybridized carbons (Fsp3) is 0.300. The van der Waals surface area contributed by atoms with Crippen LogP contribution >= 0.6 is 23.5 Å². The van der Waals surface area contributed by atoms with E-state index in [2.05, 4.69) is 36.5 Å². The lowest BCUT2D eigenvalue weighted by Gasteiger charge is -2.26. The van der Waals surface area contributed by atoms with Gasteiger partial charge in [0.15, 0.2) is 0 Å². The first-order chi connectivity index (χ1) is 40.4. The molecule has 0 saturated carbocycles. The predicted molar refractivity (Wildman–Crippen MR) is 321 cm³/mol. The summed E-state index contributed by atoms with van der Waals surface area (Å²) in [5, 5.41) is 21.0. The number of carbonyl (C=O) groups excluding carboxylic acids is 3. The standard InChI is InChI=1S/C30H31F3N6O3S.C16H14F3N5O.C14H17NO2S/c1-18-7-6-8-23(25(18)27(41)35-29(3,4)17-43-5)26(40)34-24-14-9-20(15-19(24)2)16-38-28(42)39(37-36-38)22-12-10-21(11-13-22)30(31,32)33;1-10-8-11(2-7-14(10)20)9-23-15(25)24(22-21-23)13-5-3-12(4-6-13)16(17,18)19;1-9-6-5-7-10-11(9)12(17-13(10)16)15-14(2,3)8-18-4/h6-15H,16-17H2,1-5H3,(H,34,40)(H,35,41);2-8H,9,20H2,1H3;5-7H,8H2,1-4H3. The van der Waals surface area contributed by atoms with Gasteiger partial charge < -0.3 is 21.1 Å². The number of halogens is 6. The van der Waals surface area contributed by atoms with Gasteiger partial charge >= 0.3 is 29.7 Å². The number of cyclic esters (lactones) is 1. The van der Waals surface area contributed by atoms with Crippen LogP contribution in [0.15, 0.2) is 136 Å². The lowest BCUT2D eigenvalue weighted by molar-refractivity contribution is -0.138. The van der Waals surface area contributed by atoms with E-state index in [-0.39, 0.29) is 47.4 Å². The molecule has 0 saturated heterocycles. The number of thioether (sulfide) groups is 2. The first kappa shape index (κ1) is 64.8.